The Labute approximate surface area is 62.4 Å². The molecule has 50 valence electrons. The van der Waals surface area contributed by atoms with Gasteiger partial charge in [-0.2, -0.15) is 4.99 Å². The summed E-state index contributed by atoms with van der Waals surface area (Å²) in [5.74, 6) is -0.104. The van der Waals surface area contributed by atoms with Crippen LogP contribution >= 0.6 is 12.2 Å². The molecule has 0 aromatic heterocycles. The molecule has 0 unspecified atom stereocenters. The van der Waals surface area contributed by atoms with Crippen LogP contribution in [0.25, 0.3) is 0 Å². The van der Waals surface area contributed by atoms with Crippen LogP contribution in [0.5, 0.6) is 0 Å². The summed E-state index contributed by atoms with van der Waals surface area (Å²) in [6.45, 7) is 0. The molecule has 0 saturated heterocycles. The minimum atomic E-state index is -0.104. The Morgan fingerprint density at radius 2 is 1.62 bits per heavy atom. The first-order valence-corrected chi connectivity index (χ1v) is 1.93. The number of rotatable bonds is 0. The Morgan fingerprint density at radius 1 is 1.25 bits per heavy atom. The van der Waals surface area contributed by atoms with E-state index in [1.165, 1.54) is 0 Å². The first kappa shape index (κ1) is 10.6. The SMILES string of the molecule is NC(=S)N=C(N)N.[Ni]. The second kappa shape index (κ2) is 4.80. The van der Waals surface area contributed by atoms with Gasteiger partial charge in [0.25, 0.3) is 0 Å². The first-order chi connectivity index (χ1) is 3.13. The van der Waals surface area contributed by atoms with Crippen LogP contribution in [0.15, 0.2) is 4.99 Å². The summed E-state index contributed by atoms with van der Waals surface area (Å²) in [4.78, 5) is 3.26. The minimum absolute atomic E-state index is 0. The second-order valence-corrected chi connectivity index (χ2v) is 1.29. The maximum atomic E-state index is 4.88. The Balaban J connectivity index is 0. The van der Waals surface area contributed by atoms with E-state index < -0.39 is 0 Å². The molecule has 0 amide bonds. The maximum Gasteiger partial charge on any atom is 0.193 e. The fourth-order valence-electron chi connectivity index (χ4n) is 0.127. The molecule has 4 nitrogen and oxygen atoms in total. The van der Waals surface area contributed by atoms with Crippen molar-refractivity contribution >= 4 is 23.3 Å². The summed E-state index contributed by atoms with van der Waals surface area (Å²) in [6, 6.07) is 0. The Bertz CT molecular complexity index is 107. The van der Waals surface area contributed by atoms with Crippen molar-refractivity contribution in [1.29, 1.82) is 0 Å². The predicted molar refractivity (Wildman–Crippen MR) is 32.6 cm³/mol. The van der Waals surface area contributed by atoms with Gasteiger partial charge in [0.15, 0.2) is 11.1 Å². The summed E-state index contributed by atoms with van der Waals surface area (Å²) in [6.07, 6.45) is 0. The van der Waals surface area contributed by atoms with E-state index in [4.69, 9.17) is 17.2 Å². The molecule has 8 heavy (non-hydrogen) atoms. The normalized spacial score (nSPS) is 6.50. The molecule has 0 aliphatic carbocycles. The molecule has 0 atom stereocenters. The Morgan fingerprint density at radius 3 is 1.62 bits per heavy atom. The Kier molecular flexibility index (Phi) is 6.37. The van der Waals surface area contributed by atoms with Crippen molar-refractivity contribution in [1.82, 2.24) is 0 Å². The Hall–Kier alpha value is -0.346. The van der Waals surface area contributed by atoms with Crippen LogP contribution in [0.4, 0.5) is 0 Å². The maximum absolute atomic E-state index is 4.88. The molecule has 0 aliphatic rings. The van der Waals surface area contributed by atoms with Gasteiger partial charge >= 0.3 is 0 Å². The van der Waals surface area contributed by atoms with Gasteiger partial charge in [-0.3, -0.25) is 0 Å². The largest absolute Gasteiger partial charge is 0.374 e. The van der Waals surface area contributed by atoms with Crippen LogP contribution in [0.2, 0.25) is 0 Å². The molecule has 0 aliphatic heterocycles. The molecule has 0 heterocycles. The summed E-state index contributed by atoms with van der Waals surface area (Å²) in [5.41, 5.74) is 14.6. The number of nitrogens with two attached hydrogens (primary N) is 3. The monoisotopic (exact) mass is 176 g/mol. The molecular weight excluding hydrogens is 171 g/mol. The number of guanidine groups is 1. The summed E-state index contributed by atoms with van der Waals surface area (Å²) >= 11 is 4.30. The van der Waals surface area contributed by atoms with E-state index in [1.54, 1.807) is 0 Å². The topological polar surface area (TPSA) is 90.4 Å². The van der Waals surface area contributed by atoms with E-state index >= 15 is 0 Å². The molecule has 0 bridgehead atoms. The smallest absolute Gasteiger partial charge is 0.193 e. The number of nitrogens with zero attached hydrogens (tertiary/aromatic N) is 1. The summed E-state index contributed by atoms with van der Waals surface area (Å²) in [7, 11) is 0. The first-order valence-electron chi connectivity index (χ1n) is 1.52. The fraction of sp³-hybridized carbons (Fsp3) is 0. The van der Waals surface area contributed by atoms with Crippen LogP contribution in [0.3, 0.4) is 0 Å². The summed E-state index contributed by atoms with van der Waals surface area (Å²) < 4.78 is 0. The molecule has 6 heteroatoms. The summed E-state index contributed by atoms with van der Waals surface area (Å²) in [5, 5.41) is -0.0417. The number of hydrogen-bond acceptors (Lipinski definition) is 1. The predicted octanol–water partition coefficient (Wildman–Crippen LogP) is -1.50. The van der Waals surface area contributed by atoms with Crippen molar-refractivity contribution in [2.45, 2.75) is 0 Å². The van der Waals surface area contributed by atoms with Crippen molar-refractivity contribution in [3.63, 3.8) is 0 Å². The van der Waals surface area contributed by atoms with Crippen LogP contribution < -0.4 is 17.2 Å². The van der Waals surface area contributed by atoms with E-state index in [0.29, 0.717) is 0 Å². The van der Waals surface area contributed by atoms with Crippen LogP contribution in [-0.4, -0.2) is 11.1 Å². The minimum Gasteiger partial charge on any atom is -0.374 e. The van der Waals surface area contributed by atoms with Crippen molar-refractivity contribution in [3.8, 4) is 0 Å². The van der Waals surface area contributed by atoms with Gasteiger partial charge in [0.1, 0.15) is 0 Å². The van der Waals surface area contributed by atoms with Gasteiger partial charge in [-0.15, -0.1) is 0 Å². The van der Waals surface area contributed by atoms with E-state index in [-0.39, 0.29) is 27.6 Å². The zero-order chi connectivity index (χ0) is 5.86. The number of hydrogen-bond donors (Lipinski definition) is 3. The molecule has 0 fully saturated rings. The number of thiocarbonyl (C=S) groups is 1. The van der Waals surface area contributed by atoms with Crippen molar-refractivity contribution in [2.24, 2.45) is 22.2 Å². The van der Waals surface area contributed by atoms with Crippen LogP contribution in [0, 0.1) is 0 Å². The van der Waals surface area contributed by atoms with Crippen molar-refractivity contribution < 1.29 is 16.5 Å². The van der Waals surface area contributed by atoms with Gasteiger partial charge in [0.2, 0.25) is 0 Å². The van der Waals surface area contributed by atoms with Crippen molar-refractivity contribution in [2.75, 3.05) is 0 Å². The van der Waals surface area contributed by atoms with E-state index in [0.717, 1.165) is 0 Å². The molecule has 0 rings (SSSR count). The average molecular weight is 177 g/mol. The van der Waals surface area contributed by atoms with E-state index in [1.807, 2.05) is 0 Å². The van der Waals surface area contributed by atoms with E-state index in [9.17, 15) is 0 Å². The fourth-order valence-corrected chi connectivity index (χ4v) is 0.233. The standard InChI is InChI=1S/C2H6N4S.Ni/c3-1(4)6-2(5)7;/h(H6,3,4,5,6,7);. The van der Waals surface area contributed by atoms with Gasteiger partial charge in [-0.25, -0.2) is 0 Å². The van der Waals surface area contributed by atoms with Crippen LogP contribution in [0.1, 0.15) is 0 Å². The van der Waals surface area contributed by atoms with Gasteiger partial charge in [-0.05, 0) is 12.2 Å². The molecule has 0 saturated carbocycles. The van der Waals surface area contributed by atoms with Gasteiger partial charge in [-0.1, -0.05) is 0 Å². The van der Waals surface area contributed by atoms with Gasteiger partial charge < -0.3 is 17.2 Å². The average Bonchev–Trinajstić information content (AvgIpc) is 1.27. The molecule has 0 spiro atoms. The van der Waals surface area contributed by atoms with Gasteiger partial charge in [0, 0.05) is 16.5 Å². The molecular formula is C2H6N4NiS. The van der Waals surface area contributed by atoms with Crippen LogP contribution in [-0.2, 0) is 16.5 Å². The zero-order valence-electron chi connectivity index (χ0n) is 3.90. The van der Waals surface area contributed by atoms with Gasteiger partial charge in [0.05, 0.1) is 0 Å². The third-order valence-corrected chi connectivity index (χ3v) is 0.331. The number of aliphatic imine (C=N–C) groups is 1. The quantitative estimate of drug-likeness (QED) is 0.182. The van der Waals surface area contributed by atoms with E-state index in [2.05, 4.69) is 17.2 Å². The third kappa shape index (κ3) is 9.17. The van der Waals surface area contributed by atoms with Crippen molar-refractivity contribution in [3.05, 3.63) is 0 Å². The molecule has 0 aromatic rings. The zero-order valence-corrected chi connectivity index (χ0v) is 5.71. The molecule has 0 aromatic carbocycles. The second-order valence-electron chi connectivity index (χ2n) is 0.875. The third-order valence-electron chi connectivity index (χ3n) is 0.239. The molecule has 0 radical (unpaired) electrons. The molecule has 6 N–H and O–H groups in total.